The fourth-order valence-electron chi connectivity index (χ4n) is 2.26. The minimum Gasteiger partial charge on any atom is -0.338 e. The first-order chi connectivity index (χ1) is 8.75. The highest BCUT2D eigenvalue weighted by atomic mass is 35.5. The highest BCUT2D eigenvalue weighted by Crippen LogP contribution is 2.08. The number of benzene rings is 1. The van der Waals surface area contributed by atoms with Crippen molar-refractivity contribution in [2.75, 3.05) is 19.6 Å². The molecule has 106 valence electrons. The molecule has 1 aliphatic rings. The van der Waals surface area contributed by atoms with Crippen LogP contribution in [-0.2, 0) is 6.42 Å². The third-order valence-electron chi connectivity index (χ3n) is 3.28. The number of carbonyl (C=O) groups is 1. The second kappa shape index (κ2) is 8.02. The molecular formula is C14H22ClN3O. The van der Waals surface area contributed by atoms with Gasteiger partial charge in [0.15, 0.2) is 0 Å². The lowest BCUT2D eigenvalue weighted by Crippen LogP contribution is -2.49. The summed E-state index contributed by atoms with van der Waals surface area (Å²) in [6.45, 7) is 2.18. The molecule has 0 bridgehead atoms. The molecule has 1 aromatic rings. The van der Waals surface area contributed by atoms with Crippen molar-refractivity contribution in [3.8, 4) is 0 Å². The number of nitrogens with two attached hydrogens (primary N) is 1. The number of carbonyl (C=O) groups excluding carboxylic acids is 1. The molecule has 0 unspecified atom stereocenters. The Labute approximate surface area is 120 Å². The molecular weight excluding hydrogens is 262 g/mol. The largest absolute Gasteiger partial charge is 0.338 e. The number of likely N-dealkylation sites (tertiary alicyclic amines) is 1. The van der Waals surface area contributed by atoms with E-state index in [1.807, 2.05) is 23.1 Å². The van der Waals surface area contributed by atoms with E-state index >= 15 is 0 Å². The summed E-state index contributed by atoms with van der Waals surface area (Å²) in [6.07, 6.45) is 2.90. The van der Waals surface area contributed by atoms with Gasteiger partial charge in [0.1, 0.15) is 0 Å². The van der Waals surface area contributed by atoms with Gasteiger partial charge in [-0.1, -0.05) is 30.3 Å². The molecule has 1 saturated heterocycles. The van der Waals surface area contributed by atoms with Crippen molar-refractivity contribution in [3.05, 3.63) is 35.9 Å². The van der Waals surface area contributed by atoms with Crippen LogP contribution in [0, 0.1) is 0 Å². The number of hydrogen-bond donors (Lipinski definition) is 2. The number of urea groups is 1. The summed E-state index contributed by atoms with van der Waals surface area (Å²) in [6, 6.07) is 10.3. The van der Waals surface area contributed by atoms with E-state index in [4.69, 9.17) is 5.73 Å². The summed E-state index contributed by atoms with van der Waals surface area (Å²) in [5.74, 6) is 0. The molecule has 1 heterocycles. The first-order valence-electron chi connectivity index (χ1n) is 6.58. The zero-order valence-corrected chi connectivity index (χ0v) is 11.9. The quantitative estimate of drug-likeness (QED) is 0.888. The molecule has 4 nitrogen and oxygen atoms in total. The van der Waals surface area contributed by atoms with Crippen LogP contribution in [0.3, 0.4) is 0 Å². The molecule has 0 saturated carbocycles. The van der Waals surface area contributed by atoms with Gasteiger partial charge in [-0.2, -0.15) is 0 Å². The second-order valence-corrected chi connectivity index (χ2v) is 4.82. The summed E-state index contributed by atoms with van der Waals surface area (Å²) >= 11 is 0. The number of hydrogen-bond acceptors (Lipinski definition) is 2. The highest BCUT2D eigenvalue weighted by molar-refractivity contribution is 5.85. The van der Waals surface area contributed by atoms with E-state index in [1.54, 1.807) is 0 Å². The molecule has 0 radical (unpaired) electrons. The van der Waals surface area contributed by atoms with Gasteiger partial charge in [0.25, 0.3) is 0 Å². The molecule has 2 amide bonds. The van der Waals surface area contributed by atoms with E-state index in [2.05, 4.69) is 17.4 Å². The van der Waals surface area contributed by atoms with Crippen LogP contribution in [0.5, 0.6) is 0 Å². The Morgan fingerprint density at radius 2 is 2.11 bits per heavy atom. The molecule has 1 atom stereocenters. The average molecular weight is 284 g/mol. The number of nitrogens with one attached hydrogen (secondary N) is 1. The maximum atomic E-state index is 11.9. The van der Waals surface area contributed by atoms with Crippen LogP contribution in [0.25, 0.3) is 0 Å². The third-order valence-corrected chi connectivity index (χ3v) is 3.28. The van der Waals surface area contributed by atoms with E-state index < -0.39 is 0 Å². The van der Waals surface area contributed by atoms with E-state index in [9.17, 15) is 4.79 Å². The van der Waals surface area contributed by atoms with Crippen molar-refractivity contribution >= 4 is 18.4 Å². The maximum Gasteiger partial charge on any atom is 0.317 e. The molecule has 2 rings (SSSR count). The number of amides is 2. The minimum absolute atomic E-state index is 0. The Balaban J connectivity index is 0.00000180. The summed E-state index contributed by atoms with van der Waals surface area (Å²) in [7, 11) is 0. The monoisotopic (exact) mass is 283 g/mol. The Kier molecular flexibility index (Phi) is 6.67. The summed E-state index contributed by atoms with van der Waals surface area (Å²) in [4.78, 5) is 13.7. The average Bonchev–Trinajstić information content (AvgIpc) is 2.40. The molecule has 3 N–H and O–H groups in total. The van der Waals surface area contributed by atoms with E-state index in [0.717, 1.165) is 25.8 Å². The Morgan fingerprint density at radius 3 is 2.79 bits per heavy atom. The molecule has 1 fully saturated rings. The van der Waals surface area contributed by atoms with Gasteiger partial charge >= 0.3 is 6.03 Å². The van der Waals surface area contributed by atoms with Gasteiger partial charge in [0.2, 0.25) is 0 Å². The maximum absolute atomic E-state index is 11.9. The van der Waals surface area contributed by atoms with Gasteiger partial charge < -0.3 is 16.0 Å². The van der Waals surface area contributed by atoms with Crippen LogP contribution >= 0.6 is 12.4 Å². The molecule has 0 aliphatic carbocycles. The molecule has 0 aromatic heterocycles. The van der Waals surface area contributed by atoms with Crippen LogP contribution in [0.1, 0.15) is 18.4 Å². The fraction of sp³-hybridized carbons (Fsp3) is 0.500. The smallest absolute Gasteiger partial charge is 0.317 e. The van der Waals surface area contributed by atoms with E-state index in [1.165, 1.54) is 5.56 Å². The Bertz CT molecular complexity index is 386. The van der Waals surface area contributed by atoms with Crippen molar-refractivity contribution in [3.63, 3.8) is 0 Å². The van der Waals surface area contributed by atoms with Gasteiger partial charge in [-0.3, -0.25) is 0 Å². The van der Waals surface area contributed by atoms with E-state index in [0.29, 0.717) is 13.1 Å². The van der Waals surface area contributed by atoms with Crippen molar-refractivity contribution in [1.29, 1.82) is 0 Å². The van der Waals surface area contributed by atoms with Crippen LogP contribution in [0.15, 0.2) is 30.3 Å². The van der Waals surface area contributed by atoms with Gasteiger partial charge in [-0.15, -0.1) is 12.4 Å². The topological polar surface area (TPSA) is 58.4 Å². The lowest BCUT2D eigenvalue weighted by Gasteiger charge is -2.30. The summed E-state index contributed by atoms with van der Waals surface area (Å²) in [5.41, 5.74) is 7.10. The molecule has 5 heteroatoms. The zero-order valence-electron chi connectivity index (χ0n) is 11.0. The predicted octanol–water partition coefficient (Wildman–Crippen LogP) is 1.78. The van der Waals surface area contributed by atoms with Gasteiger partial charge in [-0.05, 0) is 24.8 Å². The third kappa shape index (κ3) is 5.09. The van der Waals surface area contributed by atoms with Crippen LogP contribution in [-0.4, -0.2) is 36.6 Å². The Morgan fingerprint density at radius 1 is 1.37 bits per heavy atom. The molecule has 19 heavy (non-hydrogen) atoms. The number of nitrogens with zero attached hydrogens (tertiary/aromatic N) is 1. The van der Waals surface area contributed by atoms with Crippen LogP contribution in [0.4, 0.5) is 4.79 Å². The first-order valence-corrected chi connectivity index (χ1v) is 6.58. The summed E-state index contributed by atoms with van der Waals surface area (Å²) in [5, 5.41) is 2.95. The van der Waals surface area contributed by atoms with Gasteiger partial charge in [-0.25, -0.2) is 4.79 Å². The first kappa shape index (κ1) is 15.8. The number of piperidine rings is 1. The zero-order chi connectivity index (χ0) is 12.8. The molecule has 1 aromatic carbocycles. The van der Waals surface area contributed by atoms with Gasteiger partial charge in [0, 0.05) is 25.7 Å². The minimum atomic E-state index is 0. The molecule has 0 spiro atoms. The molecule has 1 aliphatic heterocycles. The van der Waals surface area contributed by atoms with Crippen LogP contribution < -0.4 is 11.1 Å². The van der Waals surface area contributed by atoms with Crippen molar-refractivity contribution in [1.82, 2.24) is 10.2 Å². The predicted molar refractivity (Wildman–Crippen MR) is 79.6 cm³/mol. The standard InChI is InChI=1S/C14H21N3O.ClH/c15-13-7-4-10-17(11-13)14(18)16-9-8-12-5-2-1-3-6-12;/h1-3,5-6,13H,4,7-11,15H2,(H,16,18);1H/t13-;/m1./s1. The van der Waals surface area contributed by atoms with Crippen LogP contribution in [0.2, 0.25) is 0 Å². The second-order valence-electron chi connectivity index (χ2n) is 4.82. The number of rotatable bonds is 3. The SMILES string of the molecule is Cl.N[C@@H]1CCCN(C(=O)NCCc2ccccc2)C1. The highest BCUT2D eigenvalue weighted by Gasteiger charge is 2.20. The number of halogens is 1. The lowest BCUT2D eigenvalue weighted by atomic mass is 10.1. The van der Waals surface area contributed by atoms with Crippen molar-refractivity contribution in [2.24, 2.45) is 5.73 Å². The van der Waals surface area contributed by atoms with Crippen molar-refractivity contribution in [2.45, 2.75) is 25.3 Å². The summed E-state index contributed by atoms with van der Waals surface area (Å²) < 4.78 is 0. The van der Waals surface area contributed by atoms with Crippen molar-refractivity contribution < 1.29 is 4.79 Å². The fourth-order valence-corrected chi connectivity index (χ4v) is 2.26. The lowest BCUT2D eigenvalue weighted by molar-refractivity contribution is 0.180. The Hall–Kier alpha value is -1.26. The van der Waals surface area contributed by atoms with E-state index in [-0.39, 0.29) is 24.5 Å². The normalized spacial score (nSPS) is 18.6. The van der Waals surface area contributed by atoms with Gasteiger partial charge in [0.05, 0.1) is 0 Å².